The average molecular weight is 285 g/mol. The minimum absolute atomic E-state index is 0.0224. The van der Waals surface area contributed by atoms with E-state index in [1.165, 1.54) is 0 Å². The van der Waals surface area contributed by atoms with Crippen LogP contribution in [0.15, 0.2) is 18.2 Å². The fourth-order valence-electron chi connectivity index (χ4n) is 1.53. The SMILES string of the molecule is CC(C)CCNC(=O)COc1cc(Cl)ccc1CN. The molecule has 0 aliphatic carbocycles. The van der Waals surface area contributed by atoms with E-state index in [-0.39, 0.29) is 12.5 Å². The zero-order valence-corrected chi connectivity index (χ0v) is 12.2. The van der Waals surface area contributed by atoms with Gasteiger partial charge in [-0.3, -0.25) is 4.79 Å². The monoisotopic (exact) mass is 284 g/mol. The molecule has 0 atom stereocenters. The molecule has 4 nitrogen and oxygen atoms in total. The van der Waals surface area contributed by atoms with Crippen molar-refractivity contribution in [1.29, 1.82) is 0 Å². The number of hydrogen-bond acceptors (Lipinski definition) is 3. The smallest absolute Gasteiger partial charge is 0.257 e. The molecule has 0 unspecified atom stereocenters. The minimum atomic E-state index is -0.136. The molecule has 0 saturated carbocycles. The largest absolute Gasteiger partial charge is 0.483 e. The Labute approximate surface area is 119 Å². The van der Waals surface area contributed by atoms with E-state index in [9.17, 15) is 4.79 Å². The Morgan fingerprint density at radius 1 is 1.47 bits per heavy atom. The van der Waals surface area contributed by atoms with Gasteiger partial charge >= 0.3 is 0 Å². The van der Waals surface area contributed by atoms with Crippen LogP contribution in [0.2, 0.25) is 5.02 Å². The summed E-state index contributed by atoms with van der Waals surface area (Å²) in [6.07, 6.45) is 0.955. The summed E-state index contributed by atoms with van der Waals surface area (Å²) in [5.41, 5.74) is 6.43. The molecule has 0 radical (unpaired) electrons. The van der Waals surface area contributed by atoms with Gasteiger partial charge in [0.1, 0.15) is 5.75 Å². The van der Waals surface area contributed by atoms with Crippen molar-refractivity contribution in [3.8, 4) is 5.75 Å². The molecule has 0 saturated heterocycles. The number of hydrogen-bond donors (Lipinski definition) is 2. The van der Waals surface area contributed by atoms with Gasteiger partial charge < -0.3 is 15.8 Å². The van der Waals surface area contributed by atoms with Crippen molar-refractivity contribution in [3.63, 3.8) is 0 Å². The zero-order chi connectivity index (χ0) is 14.3. The van der Waals surface area contributed by atoms with Crippen LogP contribution in [0.1, 0.15) is 25.8 Å². The van der Waals surface area contributed by atoms with Gasteiger partial charge in [0.25, 0.3) is 5.91 Å². The highest BCUT2D eigenvalue weighted by molar-refractivity contribution is 6.30. The van der Waals surface area contributed by atoms with Crippen molar-refractivity contribution in [2.45, 2.75) is 26.8 Å². The lowest BCUT2D eigenvalue weighted by molar-refractivity contribution is -0.123. The maximum atomic E-state index is 11.6. The molecule has 106 valence electrons. The number of carbonyl (C=O) groups is 1. The highest BCUT2D eigenvalue weighted by Gasteiger charge is 2.07. The van der Waals surface area contributed by atoms with E-state index in [4.69, 9.17) is 22.1 Å². The van der Waals surface area contributed by atoms with Crippen molar-refractivity contribution in [3.05, 3.63) is 28.8 Å². The molecule has 0 aliphatic heterocycles. The zero-order valence-electron chi connectivity index (χ0n) is 11.4. The number of benzene rings is 1. The van der Waals surface area contributed by atoms with E-state index in [1.54, 1.807) is 18.2 Å². The Kier molecular flexibility index (Phi) is 6.67. The molecule has 0 bridgehead atoms. The van der Waals surface area contributed by atoms with Crippen LogP contribution < -0.4 is 15.8 Å². The van der Waals surface area contributed by atoms with E-state index in [0.717, 1.165) is 12.0 Å². The Balaban J connectivity index is 2.43. The molecule has 1 aromatic rings. The van der Waals surface area contributed by atoms with Gasteiger partial charge in [0.15, 0.2) is 6.61 Å². The van der Waals surface area contributed by atoms with Crippen LogP contribution in [0, 0.1) is 5.92 Å². The summed E-state index contributed by atoms with van der Waals surface area (Å²) in [6, 6.07) is 5.22. The van der Waals surface area contributed by atoms with Crippen molar-refractivity contribution in [2.75, 3.05) is 13.2 Å². The predicted octanol–water partition coefficient (Wildman–Crippen LogP) is 2.34. The molecule has 0 heterocycles. The van der Waals surface area contributed by atoms with Gasteiger partial charge in [-0.15, -0.1) is 0 Å². The molecule has 1 aromatic carbocycles. The molecule has 1 amide bonds. The standard InChI is InChI=1S/C14H21ClN2O2/c1-10(2)5-6-17-14(18)9-19-13-7-12(15)4-3-11(13)8-16/h3-4,7,10H,5-6,8-9,16H2,1-2H3,(H,17,18). The van der Waals surface area contributed by atoms with Crippen molar-refractivity contribution in [1.82, 2.24) is 5.32 Å². The van der Waals surface area contributed by atoms with E-state index in [0.29, 0.717) is 29.8 Å². The first-order valence-corrected chi connectivity index (χ1v) is 6.78. The maximum absolute atomic E-state index is 11.6. The lowest BCUT2D eigenvalue weighted by Gasteiger charge is -2.11. The highest BCUT2D eigenvalue weighted by atomic mass is 35.5. The molecule has 1 rings (SSSR count). The Hall–Kier alpha value is -1.26. The molecule has 0 aromatic heterocycles. The van der Waals surface area contributed by atoms with Gasteiger partial charge in [-0.25, -0.2) is 0 Å². The quantitative estimate of drug-likeness (QED) is 0.808. The number of rotatable bonds is 7. The second kappa shape index (κ2) is 8.02. The van der Waals surface area contributed by atoms with Gasteiger partial charge in [0.05, 0.1) is 0 Å². The van der Waals surface area contributed by atoms with Gasteiger partial charge in [0.2, 0.25) is 0 Å². The molecule has 5 heteroatoms. The van der Waals surface area contributed by atoms with Crippen LogP contribution in [-0.2, 0) is 11.3 Å². The minimum Gasteiger partial charge on any atom is -0.483 e. The van der Waals surface area contributed by atoms with Gasteiger partial charge in [-0.2, -0.15) is 0 Å². The van der Waals surface area contributed by atoms with E-state index in [1.807, 2.05) is 0 Å². The Morgan fingerprint density at radius 3 is 2.84 bits per heavy atom. The van der Waals surface area contributed by atoms with E-state index >= 15 is 0 Å². The number of ether oxygens (including phenoxy) is 1. The van der Waals surface area contributed by atoms with E-state index < -0.39 is 0 Å². The number of nitrogens with one attached hydrogen (secondary N) is 1. The van der Waals surface area contributed by atoms with Crippen LogP contribution >= 0.6 is 11.6 Å². The first-order valence-electron chi connectivity index (χ1n) is 6.41. The third kappa shape index (κ3) is 5.94. The van der Waals surface area contributed by atoms with Crippen LogP contribution in [0.5, 0.6) is 5.75 Å². The van der Waals surface area contributed by atoms with Crippen LogP contribution in [0.25, 0.3) is 0 Å². The summed E-state index contributed by atoms with van der Waals surface area (Å²) < 4.78 is 5.45. The highest BCUT2D eigenvalue weighted by Crippen LogP contribution is 2.22. The molecule has 0 spiro atoms. The van der Waals surface area contributed by atoms with Gasteiger partial charge in [0, 0.05) is 23.7 Å². The van der Waals surface area contributed by atoms with Crippen molar-refractivity contribution < 1.29 is 9.53 Å². The fourth-order valence-corrected chi connectivity index (χ4v) is 1.69. The van der Waals surface area contributed by atoms with Crippen molar-refractivity contribution in [2.24, 2.45) is 11.7 Å². The summed E-state index contributed by atoms with van der Waals surface area (Å²) in [4.78, 5) is 11.6. The van der Waals surface area contributed by atoms with Crippen LogP contribution in [0.3, 0.4) is 0 Å². The lowest BCUT2D eigenvalue weighted by atomic mass is 10.1. The van der Waals surface area contributed by atoms with Gasteiger partial charge in [-0.05, 0) is 24.5 Å². The normalized spacial score (nSPS) is 10.6. The second-order valence-electron chi connectivity index (χ2n) is 4.78. The summed E-state index contributed by atoms with van der Waals surface area (Å²) >= 11 is 5.89. The topological polar surface area (TPSA) is 64.3 Å². The summed E-state index contributed by atoms with van der Waals surface area (Å²) in [7, 11) is 0. The second-order valence-corrected chi connectivity index (χ2v) is 5.21. The third-order valence-corrected chi connectivity index (χ3v) is 2.89. The first kappa shape index (κ1) is 15.8. The fraction of sp³-hybridized carbons (Fsp3) is 0.500. The predicted molar refractivity (Wildman–Crippen MR) is 77.3 cm³/mol. The molecule has 0 fully saturated rings. The number of nitrogens with two attached hydrogens (primary N) is 1. The molecular weight excluding hydrogens is 264 g/mol. The Bertz CT molecular complexity index is 422. The summed E-state index contributed by atoms with van der Waals surface area (Å²) in [5.74, 6) is 0.996. The Morgan fingerprint density at radius 2 is 2.21 bits per heavy atom. The molecular formula is C14H21ClN2O2. The molecule has 0 aliphatic rings. The third-order valence-electron chi connectivity index (χ3n) is 2.65. The average Bonchev–Trinajstić information content (AvgIpc) is 2.36. The lowest BCUT2D eigenvalue weighted by Crippen LogP contribution is -2.30. The summed E-state index contributed by atoms with van der Waals surface area (Å²) in [6.45, 7) is 5.22. The van der Waals surface area contributed by atoms with Crippen LogP contribution in [0.4, 0.5) is 0 Å². The first-order chi connectivity index (χ1) is 9.02. The molecule has 3 N–H and O–H groups in total. The van der Waals surface area contributed by atoms with Crippen molar-refractivity contribution >= 4 is 17.5 Å². The number of halogens is 1. The van der Waals surface area contributed by atoms with Crippen LogP contribution in [-0.4, -0.2) is 19.1 Å². The number of carbonyl (C=O) groups excluding carboxylic acids is 1. The van der Waals surface area contributed by atoms with Gasteiger partial charge in [-0.1, -0.05) is 31.5 Å². The number of amides is 1. The maximum Gasteiger partial charge on any atom is 0.257 e. The molecule has 19 heavy (non-hydrogen) atoms. The summed E-state index contributed by atoms with van der Waals surface area (Å²) in [5, 5.41) is 3.37. The van der Waals surface area contributed by atoms with E-state index in [2.05, 4.69) is 19.2 Å².